The van der Waals surface area contributed by atoms with Crippen LogP contribution in [0.15, 0.2) is 30.3 Å². The van der Waals surface area contributed by atoms with Crippen LogP contribution in [0.4, 0.5) is 0 Å². The van der Waals surface area contributed by atoms with Gasteiger partial charge < -0.3 is 21.5 Å². The minimum Gasteiger partial charge on any atom is -0.394 e. The molecule has 2 saturated heterocycles. The molecule has 152 valence electrons. The summed E-state index contributed by atoms with van der Waals surface area (Å²) in [5.74, 6) is -2.02. The molecule has 2 aliphatic heterocycles. The molecule has 1 aromatic carbocycles. The molecular weight excluding hydrogens is 360 g/mol. The van der Waals surface area contributed by atoms with Crippen molar-refractivity contribution in [3.63, 3.8) is 0 Å². The summed E-state index contributed by atoms with van der Waals surface area (Å²) in [6.07, 6.45) is 3.01. The van der Waals surface area contributed by atoms with Gasteiger partial charge in [-0.3, -0.25) is 14.4 Å². The van der Waals surface area contributed by atoms with Gasteiger partial charge in [0.15, 0.2) is 0 Å². The maximum absolute atomic E-state index is 13.6. The number of carbonyl (C=O) groups is 3. The lowest BCUT2D eigenvalue weighted by Gasteiger charge is -2.34. The van der Waals surface area contributed by atoms with E-state index in [1.165, 1.54) is 0 Å². The van der Waals surface area contributed by atoms with E-state index in [4.69, 9.17) is 5.73 Å². The fraction of sp³-hybridized carbons (Fsp3) is 0.550. The molecule has 3 unspecified atom stereocenters. The minimum atomic E-state index is -1.32. The van der Waals surface area contributed by atoms with E-state index in [1.807, 2.05) is 30.3 Å². The number of hydrogen-bond donors (Lipinski definition) is 4. The second-order valence-electron chi connectivity index (χ2n) is 7.53. The van der Waals surface area contributed by atoms with Gasteiger partial charge in [-0.2, -0.15) is 0 Å². The standard InChI is InChI=1S/C20H28N4O4/c21-15(13-25)17(26)24(18(27)16-8-4-10-22-16)19(28)20(9-5-11-23-20)12-14-6-2-1-3-7-14/h1-3,6-7,15-16,22-23,25H,4-5,8-13,21H2. The van der Waals surface area contributed by atoms with Crippen LogP contribution in [0.5, 0.6) is 0 Å². The predicted octanol–water partition coefficient (Wildman–Crippen LogP) is -0.695. The highest BCUT2D eigenvalue weighted by Crippen LogP contribution is 2.28. The van der Waals surface area contributed by atoms with Crippen LogP contribution < -0.4 is 16.4 Å². The van der Waals surface area contributed by atoms with E-state index in [2.05, 4.69) is 10.6 Å². The van der Waals surface area contributed by atoms with Crippen LogP contribution in [0.1, 0.15) is 31.2 Å². The summed E-state index contributed by atoms with van der Waals surface area (Å²) in [5.41, 5.74) is 5.60. The fourth-order valence-corrected chi connectivity index (χ4v) is 3.98. The van der Waals surface area contributed by atoms with Gasteiger partial charge in [-0.15, -0.1) is 0 Å². The van der Waals surface area contributed by atoms with Crippen molar-refractivity contribution in [2.24, 2.45) is 5.73 Å². The largest absolute Gasteiger partial charge is 0.394 e. The molecule has 3 atom stereocenters. The van der Waals surface area contributed by atoms with Gasteiger partial charge in [-0.05, 0) is 50.8 Å². The Balaban J connectivity index is 1.93. The highest BCUT2D eigenvalue weighted by atomic mass is 16.3. The number of carbonyl (C=O) groups excluding carboxylic acids is 3. The van der Waals surface area contributed by atoms with Crippen LogP contribution in [0, 0.1) is 0 Å². The highest BCUT2D eigenvalue weighted by Gasteiger charge is 2.49. The molecule has 2 fully saturated rings. The SMILES string of the molecule is NC(CO)C(=O)N(C(=O)C1CCCN1)C(=O)C1(Cc2ccccc2)CCCN1. The topological polar surface area (TPSA) is 125 Å². The highest BCUT2D eigenvalue weighted by molar-refractivity contribution is 6.16. The van der Waals surface area contributed by atoms with Crippen LogP contribution in [-0.2, 0) is 20.8 Å². The molecule has 2 heterocycles. The Kier molecular flexibility index (Phi) is 6.56. The first-order chi connectivity index (χ1) is 13.5. The Morgan fingerprint density at radius 3 is 2.54 bits per heavy atom. The number of rotatable bonds is 6. The van der Waals surface area contributed by atoms with Crippen molar-refractivity contribution in [1.29, 1.82) is 0 Å². The molecular formula is C20H28N4O4. The van der Waals surface area contributed by atoms with Crippen LogP contribution in [0.2, 0.25) is 0 Å². The molecule has 1 aromatic rings. The van der Waals surface area contributed by atoms with Gasteiger partial charge in [0.05, 0.1) is 12.6 Å². The Labute approximate surface area is 164 Å². The molecule has 8 heteroatoms. The number of amides is 3. The number of imide groups is 3. The summed E-state index contributed by atoms with van der Waals surface area (Å²) in [4.78, 5) is 40.1. The number of nitrogens with one attached hydrogen (secondary N) is 2. The molecule has 0 aliphatic carbocycles. The van der Waals surface area contributed by atoms with Gasteiger partial charge >= 0.3 is 0 Å². The zero-order chi connectivity index (χ0) is 20.1. The molecule has 0 spiro atoms. The third kappa shape index (κ3) is 4.15. The van der Waals surface area contributed by atoms with Crippen LogP contribution in [-0.4, -0.2) is 65.0 Å². The van der Waals surface area contributed by atoms with Crippen molar-refractivity contribution < 1.29 is 19.5 Å². The number of nitrogens with zero attached hydrogens (tertiary/aromatic N) is 1. The lowest BCUT2D eigenvalue weighted by molar-refractivity contribution is -0.159. The third-order valence-corrected chi connectivity index (χ3v) is 5.52. The Morgan fingerprint density at radius 1 is 1.21 bits per heavy atom. The van der Waals surface area contributed by atoms with Crippen molar-refractivity contribution in [3.8, 4) is 0 Å². The molecule has 0 aromatic heterocycles. The molecule has 28 heavy (non-hydrogen) atoms. The first kappa shape index (κ1) is 20.6. The number of nitrogens with two attached hydrogens (primary N) is 1. The minimum absolute atomic E-state index is 0.371. The zero-order valence-electron chi connectivity index (χ0n) is 15.9. The van der Waals surface area contributed by atoms with Gasteiger partial charge in [0.25, 0.3) is 17.7 Å². The van der Waals surface area contributed by atoms with E-state index in [9.17, 15) is 19.5 Å². The van der Waals surface area contributed by atoms with Crippen LogP contribution in [0.25, 0.3) is 0 Å². The smallest absolute Gasteiger partial charge is 0.256 e. The summed E-state index contributed by atoms with van der Waals surface area (Å²) in [6.45, 7) is 0.654. The van der Waals surface area contributed by atoms with E-state index < -0.39 is 42.0 Å². The molecule has 2 aliphatic rings. The van der Waals surface area contributed by atoms with Crippen molar-refractivity contribution in [2.45, 2.75) is 49.7 Å². The lowest BCUT2D eigenvalue weighted by atomic mass is 9.87. The number of aliphatic hydroxyl groups excluding tert-OH is 1. The second-order valence-corrected chi connectivity index (χ2v) is 7.53. The fourth-order valence-electron chi connectivity index (χ4n) is 3.98. The third-order valence-electron chi connectivity index (χ3n) is 5.52. The Bertz CT molecular complexity index is 712. The average Bonchev–Trinajstić information content (AvgIpc) is 3.41. The zero-order valence-corrected chi connectivity index (χ0v) is 15.9. The van der Waals surface area contributed by atoms with E-state index in [1.54, 1.807) is 0 Å². The van der Waals surface area contributed by atoms with E-state index in [0.717, 1.165) is 18.4 Å². The molecule has 3 rings (SSSR count). The molecule has 3 amide bonds. The maximum Gasteiger partial charge on any atom is 0.256 e. The van der Waals surface area contributed by atoms with Gasteiger partial charge in [-0.1, -0.05) is 30.3 Å². The van der Waals surface area contributed by atoms with Crippen molar-refractivity contribution in [3.05, 3.63) is 35.9 Å². The van der Waals surface area contributed by atoms with Crippen LogP contribution in [0.3, 0.4) is 0 Å². The van der Waals surface area contributed by atoms with Crippen molar-refractivity contribution >= 4 is 17.7 Å². The first-order valence-electron chi connectivity index (χ1n) is 9.79. The van der Waals surface area contributed by atoms with E-state index in [-0.39, 0.29) is 0 Å². The first-order valence-corrected chi connectivity index (χ1v) is 9.79. The number of aliphatic hydroxyl groups is 1. The van der Waals surface area contributed by atoms with Gasteiger partial charge in [0.2, 0.25) is 0 Å². The summed E-state index contributed by atoms with van der Waals surface area (Å²) < 4.78 is 0. The van der Waals surface area contributed by atoms with Gasteiger partial charge in [-0.25, -0.2) is 4.90 Å². The average molecular weight is 388 g/mol. The molecule has 8 nitrogen and oxygen atoms in total. The quantitative estimate of drug-likeness (QED) is 0.475. The predicted molar refractivity (Wildman–Crippen MR) is 103 cm³/mol. The van der Waals surface area contributed by atoms with E-state index >= 15 is 0 Å². The number of hydrogen-bond acceptors (Lipinski definition) is 7. The van der Waals surface area contributed by atoms with E-state index in [0.29, 0.717) is 37.3 Å². The van der Waals surface area contributed by atoms with Crippen molar-refractivity contribution in [2.75, 3.05) is 19.7 Å². The molecule has 0 radical (unpaired) electrons. The number of benzene rings is 1. The summed E-state index contributed by atoms with van der Waals surface area (Å²) in [6, 6.07) is 7.60. The maximum atomic E-state index is 13.6. The molecule has 0 bridgehead atoms. The lowest BCUT2D eigenvalue weighted by Crippen LogP contribution is -2.64. The normalized spacial score (nSPS) is 25.4. The van der Waals surface area contributed by atoms with Crippen molar-refractivity contribution in [1.82, 2.24) is 15.5 Å². The van der Waals surface area contributed by atoms with Crippen LogP contribution >= 0.6 is 0 Å². The Morgan fingerprint density at radius 2 is 1.96 bits per heavy atom. The second kappa shape index (κ2) is 8.91. The van der Waals surface area contributed by atoms with Gasteiger partial charge in [0.1, 0.15) is 11.6 Å². The molecule has 5 N–H and O–H groups in total. The summed E-state index contributed by atoms with van der Waals surface area (Å²) in [5, 5.41) is 15.6. The molecule has 0 saturated carbocycles. The summed E-state index contributed by atoms with van der Waals surface area (Å²) in [7, 11) is 0. The Hall–Kier alpha value is -2.13. The monoisotopic (exact) mass is 388 g/mol. The summed E-state index contributed by atoms with van der Waals surface area (Å²) >= 11 is 0. The van der Waals surface area contributed by atoms with Gasteiger partial charge in [0, 0.05) is 0 Å².